The normalized spacial score (nSPS) is 19.7. The van der Waals surface area contributed by atoms with E-state index < -0.39 is 0 Å². The standard InChI is InChI=1S/2ClH.HNP2.Ru/c;;1-2-3-1;/h2*1H;2H;/q;;;+2/p-2. The SMILES string of the molecule is N1=PP1.[Cl][Ru][Cl]. The van der Waals surface area contributed by atoms with Crippen molar-refractivity contribution in [1.29, 1.82) is 0 Å². The fourth-order valence-electron chi connectivity index (χ4n) is 0. The molecule has 1 heterocycles. The molecule has 0 aromatic heterocycles. The molecule has 6 heteroatoms. The zero-order valence-corrected chi connectivity index (χ0v) is 7.65. The first-order valence-corrected chi connectivity index (χ1v) is 8.03. The average molecular weight is 249 g/mol. The van der Waals surface area contributed by atoms with E-state index in [1.54, 1.807) is 0 Å². The third-order valence-corrected chi connectivity index (χ3v) is 0.900. The number of hydrogen-bond acceptors (Lipinski definition) is 1. The summed E-state index contributed by atoms with van der Waals surface area (Å²) in [6.45, 7) is 0. The number of rotatable bonds is 0. The van der Waals surface area contributed by atoms with Crippen LogP contribution in [-0.2, 0) is 15.1 Å². The van der Waals surface area contributed by atoms with Crippen LogP contribution in [0.1, 0.15) is 0 Å². The van der Waals surface area contributed by atoms with Gasteiger partial charge < -0.3 is 0 Å². The summed E-state index contributed by atoms with van der Waals surface area (Å²) in [4.78, 5) is 0. The molecule has 1 aliphatic heterocycles. The zero-order chi connectivity index (χ0) is 4.83. The van der Waals surface area contributed by atoms with Crippen LogP contribution in [0.25, 0.3) is 0 Å². The van der Waals surface area contributed by atoms with E-state index in [1.807, 2.05) is 0 Å². The quantitative estimate of drug-likeness (QED) is 0.462. The van der Waals surface area contributed by atoms with Crippen molar-refractivity contribution in [2.75, 3.05) is 0 Å². The first-order chi connectivity index (χ1) is 2.91. The second kappa shape index (κ2) is 6.73. The van der Waals surface area contributed by atoms with Crippen LogP contribution in [0.2, 0.25) is 0 Å². The Bertz CT molecular complexity index is 42.8. The van der Waals surface area contributed by atoms with Gasteiger partial charge in [-0.2, -0.15) is 0 Å². The fraction of sp³-hybridized carbons (Fsp3) is 0. The van der Waals surface area contributed by atoms with Gasteiger partial charge in [-0.05, 0) is 0 Å². The van der Waals surface area contributed by atoms with Crippen molar-refractivity contribution >= 4 is 35.9 Å². The molecule has 0 saturated carbocycles. The number of nitrogens with zero attached hydrogens (tertiary/aromatic N) is 1. The molecular weight excluding hydrogens is 248 g/mol. The summed E-state index contributed by atoms with van der Waals surface area (Å²) in [5.74, 6) is 0. The van der Waals surface area contributed by atoms with Gasteiger partial charge in [0.05, 0.1) is 16.5 Å². The van der Waals surface area contributed by atoms with Gasteiger partial charge >= 0.3 is 34.5 Å². The molecule has 6 heavy (non-hydrogen) atoms. The summed E-state index contributed by atoms with van der Waals surface area (Å²) >= 11 is -0.346. The Hall–Kier alpha value is 1.73. The molecule has 0 spiro atoms. The Morgan fingerprint density at radius 2 is 1.83 bits per heavy atom. The van der Waals surface area contributed by atoms with E-state index in [2.05, 4.69) is 4.52 Å². The Balaban J connectivity index is 0.0000000833. The molecule has 1 atom stereocenters. The molecule has 38 valence electrons. The van der Waals surface area contributed by atoms with E-state index in [0.717, 1.165) is 8.42 Å². The number of halogens is 2. The first-order valence-electron chi connectivity index (χ1n) is 0.914. The Labute approximate surface area is 55.5 Å². The molecule has 0 saturated heterocycles. The van der Waals surface area contributed by atoms with Crippen molar-refractivity contribution < 1.29 is 15.1 Å². The summed E-state index contributed by atoms with van der Waals surface area (Å²) in [6, 6.07) is 0. The van der Waals surface area contributed by atoms with Crippen LogP contribution in [0.5, 0.6) is 0 Å². The predicted octanol–water partition coefficient (Wildman–Crippen LogP) is 3.01. The molecule has 0 aliphatic carbocycles. The van der Waals surface area contributed by atoms with Gasteiger partial charge in [-0.3, -0.25) is 0 Å². The first kappa shape index (κ1) is 7.73. The third-order valence-electron chi connectivity index (χ3n) is 0.100. The van der Waals surface area contributed by atoms with Crippen molar-refractivity contribution in [2.45, 2.75) is 0 Å². The van der Waals surface area contributed by atoms with E-state index in [-0.39, 0.29) is 15.1 Å². The molecule has 0 amide bonds. The Morgan fingerprint density at radius 1 is 1.67 bits per heavy atom. The molecule has 0 aromatic rings. The minimum atomic E-state index is -0.346. The van der Waals surface area contributed by atoms with E-state index in [9.17, 15) is 0 Å². The Morgan fingerprint density at radius 3 is 1.83 bits per heavy atom. The van der Waals surface area contributed by atoms with Gasteiger partial charge in [-0.1, -0.05) is 0 Å². The Kier molecular flexibility index (Phi) is 8.68. The maximum absolute atomic E-state index is 4.85. The van der Waals surface area contributed by atoms with Gasteiger partial charge in [-0.25, -0.2) is 4.52 Å². The van der Waals surface area contributed by atoms with E-state index >= 15 is 0 Å². The second-order valence-corrected chi connectivity index (χ2v) is 5.39. The van der Waals surface area contributed by atoms with Crippen LogP contribution in [0.3, 0.4) is 0 Å². The van der Waals surface area contributed by atoms with Crippen molar-refractivity contribution in [2.24, 2.45) is 4.52 Å². The zero-order valence-electron chi connectivity index (χ0n) is 2.50. The van der Waals surface area contributed by atoms with Gasteiger partial charge in [0.15, 0.2) is 0 Å². The molecule has 0 fully saturated rings. The predicted molar refractivity (Wildman–Crippen MR) is 29.4 cm³/mol. The molecular formula is HCl2NP2Ru. The average Bonchev–Trinajstić information content (AvgIpc) is 2.11. The van der Waals surface area contributed by atoms with Crippen molar-refractivity contribution in [3.05, 3.63) is 0 Å². The third kappa shape index (κ3) is 17.2. The van der Waals surface area contributed by atoms with E-state index in [0.29, 0.717) is 0 Å². The molecule has 1 aliphatic rings. The summed E-state index contributed by atoms with van der Waals surface area (Å²) in [6.07, 6.45) is 0. The van der Waals surface area contributed by atoms with Gasteiger partial charge in [0, 0.05) is 0 Å². The second-order valence-electron chi connectivity index (χ2n) is 0.351. The van der Waals surface area contributed by atoms with E-state index in [1.165, 1.54) is 8.06 Å². The molecule has 0 radical (unpaired) electrons. The summed E-state index contributed by atoms with van der Waals surface area (Å²) in [5.41, 5.74) is 0. The van der Waals surface area contributed by atoms with Gasteiger partial charge in [0.1, 0.15) is 0 Å². The topological polar surface area (TPSA) is 12.4 Å². The van der Waals surface area contributed by atoms with Crippen molar-refractivity contribution in [1.82, 2.24) is 0 Å². The number of hydrogen-bond donors (Lipinski definition) is 0. The molecule has 1 nitrogen and oxygen atoms in total. The molecule has 1 rings (SSSR count). The van der Waals surface area contributed by atoms with Crippen molar-refractivity contribution in [3.63, 3.8) is 0 Å². The fourth-order valence-corrected chi connectivity index (χ4v) is 0. The summed E-state index contributed by atoms with van der Waals surface area (Å²) in [5, 5.41) is 0. The van der Waals surface area contributed by atoms with Crippen molar-refractivity contribution in [3.8, 4) is 0 Å². The van der Waals surface area contributed by atoms with Crippen LogP contribution >= 0.6 is 35.9 Å². The van der Waals surface area contributed by atoms with Gasteiger partial charge in [-0.15, -0.1) is 0 Å². The van der Waals surface area contributed by atoms with Gasteiger partial charge in [0.2, 0.25) is 0 Å². The molecule has 0 aromatic carbocycles. The van der Waals surface area contributed by atoms with Crippen LogP contribution in [-0.4, -0.2) is 0 Å². The summed E-state index contributed by atoms with van der Waals surface area (Å²) < 4.78 is 3.75. The molecule has 0 N–H and O–H groups in total. The maximum atomic E-state index is 4.85. The molecule has 1 unspecified atom stereocenters. The van der Waals surface area contributed by atoms with Crippen LogP contribution in [0, 0.1) is 0 Å². The molecule has 0 bridgehead atoms. The monoisotopic (exact) mass is 249 g/mol. The van der Waals surface area contributed by atoms with Crippen LogP contribution < -0.4 is 0 Å². The van der Waals surface area contributed by atoms with Crippen LogP contribution in [0.4, 0.5) is 0 Å². The van der Waals surface area contributed by atoms with E-state index in [4.69, 9.17) is 19.4 Å². The van der Waals surface area contributed by atoms with Crippen LogP contribution in [0.15, 0.2) is 4.52 Å². The summed E-state index contributed by atoms with van der Waals surface area (Å²) in [7, 11) is 12.0. The minimum absolute atomic E-state index is 0.346. The van der Waals surface area contributed by atoms with Gasteiger partial charge in [0.25, 0.3) is 0 Å².